The van der Waals surface area contributed by atoms with Crippen molar-refractivity contribution in [3.8, 4) is 11.8 Å². The van der Waals surface area contributed by atoms with E-state index in [1.807, 2.05) is 11.4 Å². The van der Waals surface area contributed by atoms with Gasteiger partial charge in [-0.25, -0.2) is 0 Å². The Hall–Kier alpha value is -2.09. The average molecular weight is 299 g/mol. The number of aryl methyl sites for hydroxylation is 1. The van der Waals surface area contributed by atoms with Gasteiger partial charge in [0.05, 0.1) is 6.54 Å². The van der Waals surface area contributed by atoms with E-state index >= 15 is 0 Å². The number of benzene rings is 1. The Morgan fingerprint density at radius 1 is 1.38 bits per heavy atom. The van der Waals surface area contributed by atoms with Crippen molar-refractivity contribution in [3.05, 3.63) is 57.3 Å². The lowest BCUT2D eigenvalue weighted by atomic mass is 10.1. The summed E-state index contributed by atoms with van der Waals surface area (Å²) in [4.78, 5) is 13.4. The molecule has 0 radical (unpaired) electrons. The molecule has 0 unspecified atom stereocenters. The normalized spacial score (nSPS) is 9.81. The lowest BCUT2D eigenvalue weighted by Crippen LogP contribution is -2.22. The van der Waals surface area contributed by atoms with Crippen LogP contribution in [-0.2, 0) is 13.0 Å². The van der Waals surface area contributed by atoms with Crippen LogP contribution in [0.25, 0.3) is 0 Å². The van der Waals surface area contributed by atoms with Crippen LogP contribution in [0.3, 0.4) is 0 Å². The summed E-state index contributed by atoms with van der Waals surface area (Å²) in [5.41, 5.74) is 2.58. The van der Waals surface area contributed by atoms with Gasteiger partial charge in [0.2, 0.25) is 0 Å². The van der Waals surface area contributed by atoms with Crippen LogP contribution in [0.1, 0.15) is 33.3 Å². The van der Waals surface area contributed by atoms with Crippen molar-refractivity contribution >= 4 is 17.2 Å². The zero-order chi connectivity index (χ0) is 15.1. The van der Waals surface area contributed by atoms with Crippen LogP contribution < -0.4 is 5.32 Å². The minimum Gasteiger partial charge on any atom is -0.384 e. The summed E-state index contributed by atoms with van der Waals surface area (Å²) in [7, 11) is 0. The molecule has 0 fully saturated rings. The third-order valence-electron chi connectivity index (χ3n) is 3.06. The Kier molecular flexibility index (Phi) is 5.56. The van der Waals surface area contributed by atoms with Gasteiger partial charge < -0.3 is 10.4 Å². The van der Waals surface area contributed by atoms with Crippen LogP contribution in [-0.4, -0.2) is 17.6 Å². The van der Waals surface area contributed by atoms with Crippen molar-refractivity contribution in [2.45, 2.75) is 19.9 Å². The second-order valence-electron chi connectivity index (χ2n) is 4.45. The molecule has 0 aliphatic heterocycles. The summed E-state index contributed by atoms with van der Waals surface area (Å²) in [6.07, 6.45) is 0.973. The fraction of sp³-hybridized carbons (Fsp3) is 0.235. The molecule has 108 valence electrons. The standard InChI is InChI=1S/C17H17NO2S/c1-2-14-8-10-21-16(14)12-18-17(20)15-7-3-5-13(11-15)6-4-9-19/h3,5,7-8,10-11,19H,2,9,12H2,1H3,(H,18,20). The number of nitrogens with one attached hydrogen (secondary N) is 1. The molecule has 0 saturated heterocycles. The van der Waals surface area contributed by atoms with Gasteiger partial charge >= 0.3 is 0 Å². The number of hydrogen-bond donors (Lipinski definition) is 2. The van der Waals surface area contributed by atoms with Crippen LogP contribution in [0.15, 0.2) is 35.7 Å². The molecule has 2 rings (SSSR count). The van der Waals surface area contributed by atoms with Crippen LogP contribution in [0.2, 0.25) is 0 Å². The van der Waals surface area contributed by atoms with Crippen molar-refractivity contribution in [1.82, 2.24) is 5.32 Å². The maximum absolute atomic E-state index is 12.2. The van der Waals surface area contributed by atoms with Crippen molar-refractivity contribution < 1.29 is 9.90 Å². The zero-order valence-corrected chi connectivity index (χ0v) is 12.7. The van der Waals surface area contributed by atoms with Crippen LogP contribution in [0, 0.1) is 11.8 Å². The van der Waals surface area contributed by atoms with Crippen molar-refractivity contribution in [2.75, 3.05) is 6.61 Å². The van der Waals surface area contributed by atoms with Gasteiger partial charge in [-0.3, -0.25) is 4.79 Å². The third-order valence-corrected chi connectivity index (χ3v) is 4.03. The predicted molar refractivity (Wildman–Crippen MR) is 85.3 cm³/mol. The molecule has 1 heterocycles. The quantitative estimate of drug-likeness (QED) is 0.853. The van der Waals surface area contributed by atoms with E-state index in [-0.39, 0.29) is 12.5 Å². The van der Waals surface area contributed by atoms with Crippen molar-refractivity contribution in [2.24, 2.45) is 0 Å². The SMILES string of the molecule is CCc1ccsc1CNC(=O)c1cccc(C#CCO)c1. The highest BCUT2D eigenvalue weighted by atomic mass is 32.1. The Bertz CT molecular complexity index is 679. The molecule has 2 N–H and O–H groups in total. The molecule has 0 aliphatic carbocycles. The minimum atomic E-state index is -0.186. The van der Waals surface area contributed by atoms with Gasteiger partial charge in [-0.05, 0) is 41.6 Å². The van der Waals surface area contributed by atoms with Gasteiger partial charge in [-0.1, -0.05) is 24.8 Å². The number of rotatable bonds is 4. The minimum absolute atomic E-state index is 0.113. The second-order valence-corrected chi connectivity index (χ2v) is 5.45. The van der Waals surface area contributed by atoms with Crippen molar-refractivity contribution in [3.63, 3.8) is 0 Å². The van der Waals surface area contributed by atoms with Crippen LogP contribution >= 0.6 is 11.3 Å². The van der Waals surface area contributed by atoms with Crippen molar-refractivity contribution in [1.29, 1.82) is 0 Å². The maximum Gasteiger partial charge on any atom is 0.251 e. The monoisotopic (exact) mass is 299 g/mol. The highest BCUT2D eigenvalue weighted by molar-refractivity contribution is 7.10. The van der Waals surface area contributed by atoms with Gasteiger partial charge in [-0.15, -0.1) is 11.3 Å². The van der Waals surface area contributed by atoms with Gasteiger partial charge in [0.1, 0.15) is 6.61 Å². The average Bonchev–Trinajstić information content (AvgIpc) is 2.98. The van der Waals surface area contributed by atoms with Gasteiger partial charge in [0.15, 0.2) is 0 Å². The summed E-state index contributed by atoms with van der Waals surface area (Å²) >= 11 is 1.66. The van der Waals surface area contributed by atoms with E-state index in [1.54, 1.807) is 29.5 Å². The van der Waals surface area contributed by atoms with Crippen LogP contribution in [0.4, 0.5) is 0 Å². The Morgan fingerprint density at radius 2 is 2.24 bits per heavy atom. The summed E-state index contributed by atoms with van der Waals surface area (Å²) in [6, 6.07) is 9.19. The largest absolute Gasteiger partial charge is 0.384 e. The first-order valence-corrected chi connectivity index (χ1v) is 7.65. The Labute approximate surface area is 128 Å². The van der Waals surface area contributed by atoms with E-state index in [1.165, 1.54) is 10.4 Å². The molecular formula is C17H17NO2S. The number of thiophene rings is 1. The number of hydrogen-bond acceptors (Lipinski definition) is 3. The van der Waals surface area contributed by atoms with Crippen LogP contribution in [0.5, 0.6) is 0 Å². The molecule has 4 heteroatoms. The molecule has 3 nitrogen and oxygen atoms in total. The van der Waals surface area contributed by atoms with Gasteiger partial charge in [0, 0.05) is 16.0 Å². The molecule has 1 aromatic heterocycles. The summed E-state index contributed by atoms with van der Waals surface area (Å²) in [5, 5.41) is 13.7. The molecular weight excluding hydrogens is 282 g/mol. The lowest BCUT2D eigenvalue weighted by Gasteiger charge is -2.06. The lowest BCUT2D eigenvalue weighted by molar-refractivity contribution is 0.0951. The van der Waals surface area contributed by atoms with E-state index in [9.17, 15) is 4.79 Å². The molecule has 1 aromatic carbocycles. The molecule has 2 aromatic rings. The second kappa shape index (κ2) is 7.63. The maximum atomic E-state index is 12.2. The first kappa shape index (κ1) is 15.3. The first-order chi connectivity index (χ1) is 10.2. The highest BCUT2D eigenvalue weighted by Gasteiger charge is 2.08. The summed E-state index contributed by atoms with van der Waals surface area (Å²) in [6.45, 7) is 2.47. The number of aliphatic hydroxyl groups is 1. The molecule has 0 atom stereocenters. The molecule has 0 saturated carbocycles. The number of carbonyl (C=O) groups is 1. The zero-order valence-electron chi connectivity index (χ0n) is 11.8. The van der Waals surface area contributed by atoms with E-state index < -0.39 is 0 Å². The summed E-state index contributed by atoms with van der Waals surface area (Å²) < 4.78 is 0. The predicted octanol–water partition coefficient (Wildman–Crippen LogP) is 2.58. The smallest absolute Gasteiger partial charge is 0.251 e. The number of carbonyl (C=O) groups excluding carboxylic acids is 1. The first-order valence-electron chi connectivity index (χ1n) is 6.77. The molecule has 21 heavy (non-hydrogen) atoms. The van der Waals surface area contributed by atoms with E-state index in [0.29, 0.717) is 12.1 Å². The molecule has 0 aliphatic rings. The third kappa shape index (κ3) is 4.19. The fourth-order valence-electron chi connectivity index (χ4n) is 1.98. The topological polar surface area (TPSA) is 49.3 Å². The van der Waals surface area contributed by atoms with E-state index in [4.69, 9.17) is 5.11 Å². The Balaban J connectivity index is 2.03. The van der Waals surface area contributed by atoms with Gasteiger partial charge in [-0.2, -0.15) is 0 Å². The Morgan fingerprint density at radius 3 is 3.00 bits per heavy atom. The molecule has 0 spiro atoms. The number of amides is 1. The molecule has 0 bridgehead atoms. The van der Waals surface area contributed by atoms with E-state index in [0.717, 1.165) is 12.0 Å². The van der Waals surface area contributed by atoms with Gasteiger partial charge in [0.25, 0.3) is 5.91 Å². The highest BCUT2D eigenvalue weighted by Crippen LogP contribution is 2.17. The number of aliphatic hydroxyl groups excluding tert-OH is 1. The fourth-order valence-corrected chi connectivity index (χ4v) is 2.90. The van der Waals surface area contributed by atoms with E-state index in [2.05, 4.69) is 30.1 Å². The molecule has 1 amide bonds. The summed E-state index contributed by atoms with van der Waals surface area (Å²) in [5.74, 6) is 5.26.